The van der Waals surface area contributed by atoms with Gasteiger partial charge in [-0.15, -0.1) is 0 Å². The van der Waals surface area contributed by atoms with E-state index in [4.69, 9.17) is 0 Å². The Bertz CT molecular complexity index is 719. The van der Waals surface area contributed by atoms with E-state index in [0.717, 1.165) is 0 Å². The lowest BCUT2D eigenvalue weighted by Gasteiger charge is -2.07. The van der Waals surface area contributed by atoms with Crippen LogP contribution in [0.5, 0.6) is 0 Å². The van der Waals surface area contributed by atoms with E-state index in [1.54, 1.807) is 6.92 Å². The Hall–Kier alpha value is -2.35. The number of benzene rings is 1. The van der Waals surface area contributed by atoms with E-state index in [9.17, 15) is 13.2 Å². The van der Waals surface area contributed by atoms with Gasteiger partial charge in [0.1, 0.15) is 5.82 Å². The molecule has 0 saturated heterocycles. The summed E-state index contributed by atoms with van der Waals surface area (Å²) < 4.78 is 31.2. The van der Waals surface area contributed by atoms with Gasteiger partial charge in [-0.05, 0) is 31.2 Å². The highest BCUT2D eigenvalue weighted by molar-refractivity contribution is 7.92. The number of aromatic amines is 1. The number of esters is 1. The lowest BCUT2D eigenvalue weighted by molar-refractivity contribution is 0.0600. The minimum absolute atomic E-state index is 0.0409. The molecule has 0 saturated carbocycles. The van der Waals surface area contributed by atoms with Gasteiger partial charge in [0, 0.05) is 5.56 Å². The first-order chi connectivity index (χ1) is 9.44. The normalized spacial score (nSPS) is 11.1. The third-order valence-corrected chi connectivity index (χ3v) is 4.02. The molecule has 2 N–H and O–H groups in total. The van der Waals surface area contributed by atoms with Crippen molar-refractivity contribution in [1.29, 1.82) is 0 Å². The topological polar surface area (TPSA) is 101 Å². The highest BCUT2D eigenvalue weighted by Gasteiger charge is 2.17. The Balaban J connectivity index is 2.26. The van der Waals surface area contributed by atoms with Crippen molar-refractivity contribution in [2.24, 2.45) is 0 Å². The van der Waals surface area contributed by atoms with Crippen molar-refractivity contribution in [2.45, 2.75) is 11.8 Å². The fourth-order valence-electron chi connectivity index (χ4n) is 1.53. The van der Waals surface area contributed by atoms with Gasteiger partial charge in [0.15, 0.2) is 0 Å². The molecule has 0 fully saturated rings. The molecule has 0 spiro atoms. The molecule has 2 rings (SSSR count). The third kappa shape index (κ3) is 2.80. The number of aryl methyl sites for hydroxylation is 1. The van der Waals surface area contributed by atoms with Gasteiger partial charge in [0.05, 0.1) is 23.8 Å². The molecule has 0 amide bonds. The van der Waals surface area contributed by atoms with Crippen LogP contribution in [0.4, 0.5) is 5.82 Å². The third-order valence-electron chi connectivity index (χ3n) is 2.65. The van der Waals surface area contributed by atoms with Crippen LogP contribution in [0, 0.1) is 6.92 Å². The summed E-state index contributed by atoms with van der Waals surface area (Å²) in [6.07, 6.45) is 1.51. The molecule has 8 heteroatoms. The molecular formula is C12H13N3O4S. The molecule has 1 heterocycles. The summed E-state index contributed by atoms with van der Waals surface area (Å²) in [4.78, 5) is 11.3. The van der Waals surface area contributed by atoms with Crippen LogP contribution in [0.15, 0.2) is 35.4 Å². The monoisotopic (exact) mass is 295 g/mol. The van der Waals surface area contributed by atoms with Gasteiger partial charge < -0.3 is 4.74 Å². The molecule has 0 aliphatic heterocycles. The Morgan fingerprint density at radius 3 is 2.45 bits per heavy atom. The number of anilines is 1. The van der Waals surface area contributed by atoms with Crippen molar-refractivity contribution < 1.29 is 17.9 Å². The summed E-state index contributed by atoms with van der Waals surface area (Å²) in [5, 5.41) is 6.29. The molecule has 0 atom stereocenters. The first-order valence-electron chi connectivity index (χ1n) is 5.65. The standard InChI is InChI=1S/C12H13N3O4S/c1-8-7-13-14-11(8)15-20(17,18)10-5-3-9(4-6-10)12(16)19-2/h3-7H,1-2H3,(H2,13,14,15). The quantitative estimate of drug-likeness (QED) is 0.828. The van der Waals surface area contributed by atoms with Crippen molar-refractivity contribution >= 4 is 21.8 Å². The largest absolute Gasteiger partial charge is 0.465 e. The van der Waals surface area contributed by atoms with E-state index in [2.05, 4.69) is 19.7 Å². The van der Waals surface area contributed by atoms with Crippen LogP contribution >= 0.6 is 0 Å². The number of hydrogen-bond donors (Lipinski definition) is 2. The lowest BCUT2D eigenvalue weighted by atomic mass is 10.2. The number of rotatable bonds is 4. The van der Waals surface area contributed by atoms with Crippen LogP contribution in [-0.4, -0.2) is 31.7 Å². The number of sulfonamides is 1. The second-order valence-electron chi connectivity index (χ2n) is 4.05. The molecule has 2 aromatic rings. The number of aromatic nitrogens is 2. The minimum Gasteiger partial charge on any atom is -0.465 e. The molecule has 1 aromatic heterocycles. The number of carbonyl (C=O) groups excluding carboxylic acids is 1. The predicted molar refractivity (Wildman–Crippen MR) is 71.9 cm³/mol. The number of nitrogens with one attached hydrogen (secondary N) is 2. The molecule has 0 unspecified atom stereocenters. The van der Waals surface area contributed by atoms with E-state index in [1.807, 2.05) is 0 Å². The SMILES string of the molecule is COC(=O)c1ccc(S(=O)(=O)Nc2[nH]ncc2C)cc1. The van der Waals surface area contributed by atoms with Crippen molar-refractivity contribution in [1.82, 2.24) is 10.2 Å². The summed E-state index contributed by atoms with van der Waals surface area (Å²) in [5.41, 5.74) is 0.962. The fourth-order valence-corrected chi connectivity index (χ4v) is 2.62. The zero-order chi connectivity index (χ0) is 14.8. The molecule has 106 valence electrons. The van der Waals surface area contributed by atoms with E-state index in [-0.39, 0.29) is 10.5 Å². The maximum absolute atomic E-state index is 12.1. The first-order valence-corrected chi connectivity index (χ1v) is 7.13. The molecule has 20 heavy (non-hydrogen) atoms. The summed E-state index contributed by atoms with van der Waals surface area (Å²) in [6, 6.07) is 5.45. The Kier molecular flexibility index (Phi) is 3.75. The van der Waals surface area contributed by atoms with Crippen LogP contribution in [0.3, 0.4) is 0 Å². The van der Waals surface area contributed by atoms with Gasteiger partial charge in [0.25, 0.3) is 10.0 Å². The van der Waals surface area contributed by atoms with Crippen molar-refractivity contribution in [2.75, 3.05) is 11.8 Å². The molecule has 0 aliphatic carbocycles. The number of methoxy groups -OCH3 is 1. The van der Waals surface area contributed by atoms with E-state index >= 15 is 0 Å². The second-order valence-corrected chi connectivity index (χ2v) is 5.73. The van der Waals surface area contributed by atoms with Crippen LogP contribution < -0.4 is 4.72 Å². The number of hydrogen-bond acceptors (Lipinski definition) is 5. The number of ether oxygens (including phenoxy) is 1. The van der Waals surface area contributed by atoms with Gasteiger partial charge >= 0.3 is 5.97 Å². The first kappa shape index (κ1) is 14.1. The van der Waals surface area contributed by atoms with Gasteiger partial charge in [-0.3, -0.25) is 9.82 Å². The maximum Gasteiger partial charge on any atom is 0.337 e. The Labute approximate surface area is 116 Å². The van der Waals surface area contributed by atoms with Crippen molar-refractivity contribution in [3.63, 3.8) is 0 Å². The molecule has 1 aromatic carbocycles. The van der Waals surface area contributed by atoms with Crippen LogP contribution in [0.2, 0.25) is 0 Å². The van der Waals surface area contributed by atoms with E-state index in [0.29, 0.717) is 11.4 Å². The molecule has 0 bridgehead atoms. The molecule has 7 nitrogen and oxygen atoms in total. The van der Waals surface area contributed by atoms with Crippen LogP contribution in [0.25, 0.3) is 0 Å². The summed E-state index contributed by atoms with van der Waals surface area (Å²) in [7, 11) is -2.47. The molecule has 0 radical (unpaired) electrons. The van der Waals surface area contributed by atoms with Gasteiger partial charge in [-0.25, -0.2) is 13.2 Å². The molecular weight excluding hydrogens is 282 g/mol. The van der Waals surface area contributed by atoms with Crippen molar-refractivity contribution in [3.05, 3.63) is 41.6 Å². The van der Waals surface area contributed by atoms with Crippen LogP contribution in [0.1, 0.15) is 15.9 Å². The average molecular weight is 295 g/mol. The van der Waals surface area contributed by atoms with Gasteiger partial charge in [-0.1, -0.05) is 0 Å². The minimum atomic E-state index is -3.73. The van der Waals surface area contributed by atoms with Crippen LogP contribution in [-0.2, 0) is 14.8 Å². The number of H-pyrrole nitrogens is 1. The zero-order valence-corrected chi connectivity index (χ0v) is 11.7. The molecule has 0 aliphatic rings. The van der Waals surface area contributed by atoms with E-state index < -0.39 is 16.0 Å². The summed E-state index contributed by atoms with van der Waals surface area (Å²) in [5.74, 6) is -0.214. The predicted octanol–water partition coefficient (Wildman–Crippen LogP) is 1.31. The fraction of sp³-hybridized carbons (Fsp3) is 0.167. The van der Waals surface area contributed by atoms with Gasteiger partial charge in [0.2, 0.25) is 0 Å². The summed E-state index contributed by atoms with van der Waals surface area (Å²) >= 11 is 0. The maximum atomic E-state index is 12.1. The zero-order valence-electron chi connectivity index (χ0n) is 10.9. The Morgan fingerprint density at radius 2 is 1.95 bits per heavy atom. The summed E-state index contributed by atoms with van der Waals surface area (Å²) in [6.45, 7) is 1.72. The number of nitrogens with zero attached hydrogens (tertiary/aromatic N) is 1. The number of carbonyl (C=O) groups is 1. The lowest BCUT2D eigenvalue weighted by Crippen LogP contribution is -2.14. The van der Waals surface area contributed by atoms with Crippen molar-refractivity contribution in [3.8, 4) is 0 Å². The van der Waals surface area contributed by atoms with E-state index in [1.165, 1.54) is 37.6 Å². The smallest absolute Gasteiger partial charge is 0.337 e. The average Bonchev–Trinajstić information content (AvgIpc) is 2.83. The second kappa shape index (κ2) is 5.33. The Morgan fingerprint density at radius 1 is 1.30 bits per heavy atom. The highest BCUT2D eigenvalue weighted by Crippen LogP contribution is 2.17. The highest BCUT2D eigenvalue weighted by atomic mass is 32.2. The van der Waals surface area contributed by atoms with Gasteiger partial charge in [-0.2, -0.15) is 5.10 Å².